The van der Waals surface area contributed by atoms with Gasteiger partial charge in [-0.3, -0.25) is 0 Å². The van der Waals surface area contributed by atoms with Crippen LogP contribution in [0.2, 0.25) is 0 Å². The maximum absolute atomic E-state index is 12.3. The summed E-state index contributed by atoms with van der Waals surface area (Å²) in [5.41, 5.74) is 5.38. The predicted octanol–water partition coefficient (Wildman–Crippen LogP) is 0.602. The normalized spacial score (nSPS) is 10.8. The van der Waals surface area contributed by atoms with Crippen LogP contribution in [0.4, 0.5) is 9.59 Å². The third kappa shape index (κ3) is 10.8. The zero-order valence-corrected chi connectivity index (χ0v) is 16.4. The van der Waals surface area contributed by atoms with Gasteiger partial charge in [0.15, 0.2) is 0 Å². The summed E-state index contributed by atoms with van der Waals surface area (Å²) < 4.78 is 18.9. The summed E-state index contributed by atoms with van der Waals surface area (Å²) in [6, 6.07) is -1.58. The number of rotatable bonds is 14. The van der Waals surface area contributed by atoms with Crippen molar-refractivity contribution in [2.24, 2.45) is 5.73 Å². The van der Waals surface area contributed by atoms with Crippen molar-refractivity contribution in [3.05, 3.63) is 25.3 Å². The number of nitrogens with zero attached hydrogens (tertiary/aromatic N) is 1. The van der Waals surface area contributed by atoms with Crippen molar-refractivity contribution in [3.8, 4) is 0 Å². The van der Waals surface area contributed by atoms with Crippen LogP contribution in [-0.2, 0) is 33.3 Å². The van der Waals surface area contributed by atoms with Gasteiger partial charge in [-0.15, -0.1) is 0 Å². The number of hydrogen-bond donors (Lipinski definition) is 2. The van der Waals surface area contributed by atoms with Gasteiger partial charge in [0, 0.05) is 12.2 Å². The zero-order chi connectivity index (χ0) is 22.9. The van der Waals surface area contributed by atoms with Crippen LogP contribution in [0.25, 0.3) is 0 Å². The number of carboxylic acids is 1. The zero-order valence-electron chi connectivity index (χ0n) is 16.4. The van der Waals surface area contributed by atoms with Crippen molar-refractivity contribution in [2.75, 3.05) is 33.0 Å². The van der Waals surface area contributed by atoms with Crippen molar-refractivity contribution in [1.82, 2.24) is 4.90 Å². The standard InChI is InChI=1S/C18H26N2O10/c1-3-14(21)27-9-11-29-17(25)20(13(16(23)24)7-5-6-8-19)18(26)30-12-10-28-15(22)4-2/h3-4,13H,1-2,5-12,19H2,(H,23,24)/t13-/m0/s1. The summed E-state index contributed by atoms with van der Waals surface area (Å²) in [5, 5.41) is 9.44. The van der Waals surface area contributed by atoms with Gasteiger partial charge in [-0.05, 0) is 25.8 Å². The molecule has 0 rings (SSSR count). The lowest BCUT2D eigenvalue weighted by molar-refractivity contribution is -0.142. The van der Waals surface area contributed by atoms with E-state index < -0.39 is 49.4 Å². The molecule has 0 unspecified atom stereocenters. The number of aliphatic carboxylic acids is 1. The molecule has 0 aliphatic carbocycles. The average molecular weight is 430 g/mol. The van der Waals surface area contributed by atoms with Crippen LogP contribution in [0.5, 0.6) is 0 Å². The molecule has 0 bridgehead atoms. The van der Waals surface area contributed by atoms with Crippen LogP contribution in [0.1, 0.15) is 19.3 Å². The molecule has 0 radical (unpaired) electrons. The second-order valence-electron chi connectivity index (χ2n) is 5.48. The van der Waals surface area contributed by atoms with E-state index >= 15 is 0 Å². The lowest BCUT2D eigenvalue weighted by atomic mass is 10.1. The Morgan fingerprint density at radius 1 is 0.833 bits per heavy atom. The van der Waals surface area contributed by atoms with Crippen molar-refractivity contribution in [2.45, 2.75) is 25.3 Å². The molecular formula is C18H26N2O10. The molecule has 0 aromatic rings. The summed E-state index contributed by atoms with van der Waals surface area (Å²) in [6.07, 6.45) is -0.107. The number of ether oxygens (including phenoxy) is 4. The monoisotopic (exact) mass is 430 g/mol. The van der Waals surface area contributed by atoms with E-state index in [-0.39, 0.29) is 19.6 Å². The van der Waals surface area contributed by atoms with Gasteiger partial charge in [0.05, 0.1) is 0 Å². The van der Waals surface area contributed by atoms with E-state index in [0.717, 1.165) is 12.2 Å². The molecule has 0 spiro atoms. The quantitative estimate of drug-likeness (QED) is 0.171. The number of hydrogen-bond acceptors (Lipinski definition) is 10. The Morgan fingerprint density at radius 2 is 1.27 bits per heavy atom. The first kappa shape index (κ1) is 26.6. The highest BCUT2D eigenvalue weighted by atomic mass is 16.6. The van der Waals surface area contributed by atoms with Crippen LogP contribution >= 0.6 is 0 Å². The number of unbranched alkanes of at least 4 members (excludes halogenated alkanes) is 1. The molecule has 30 heavy (non-hydrogen) atoms. The van der Waals surface area contributed by atoms with E-state index in [4.69, 9.17) is 15.2 Å². The van der Waals surface area contributed by atoms with Gasteiger partial charge in [-0.25, -0.2) is 24.0 Å². The maximum atomic E-state index is 12.3. The topological polar surface area (TPSA) is 172 Å². The molecule has 2 amide bonds. The third-order valence-electron chi connectivity index (χ3n) is 3.36. The van der Waals surface area contributed by atoms with E-state index in [1.54, 1.807) is 0 Å². The molecule has 0 aliphatic rings. The van der Waals surface area contributed by atoms with Gasteiger partial charge >= 0.3 is 30.1 Å². The van der Waals surface area contributed by atoms with Gasteiger partial charge < -0.3 is 29.8 Å². The second-order valence-corrected chi connectivity index (χ2v) is 5.48. The number of carbonyl (C=O) groups excluding carboxylic acids is 4. The van der Waals surface area contributed by atoms with Crippen LogP contribution in [0.15, 0.2) is 25.3 Å². The summed E-state index contributed by atoms with van der Waals surface area (Å²) >= 11 is 0. The average Bonchev–Trinajstić information content (AvgIpc) is 2.72. The Kier molecular flexibility index (Phi) is 13.7. The fraction of sp³-hybridized carbons (Fsp3) is 0.500. The highest BCUT2D eigenvalue weighted by Crippen LogP contribution is 2.13. The molecule has 12 heteroatoms. The highest BCUT2D eigenvalue weighted by molar-refractivity contribution is 5.93. The Morgan fingerprint density at radius 3 is 1.63 bits per heavy atom. The molecule has 12 nitrogen and oxygen atoms in total. The lowest BCUT2D eigenvalue weighted by Crippen LogP contribution is -2.49. The highest BCUT2D eigenvalue weighted by Gasteiger charge is 2.37. The Hall–Kier alpha value is -3.41. The molecule has 0 aromatic carbocycles. The fourth-order valence-electron chi connectivity index (χ4n) is 1.97. The van der Waals surface area contributed by atoms with E-state index in [9.17, 15) is 29.1 Å². The van der Waals surface area contributed by atoms with Crippen LogP contribution < -0.4 is 5.73 Å². The number of nitrogens with two attached hydrogens (primary N) is 1. The van der Waals surface area contributed by atoms with Crippen molar-refractivity contribution >= 4 is 30.1 Å². The molecular weight excluding hydrogens is 404 g/mol. The van der Waals surface area contributed by atoms with Gasteiger partial charge in [0.25, 0.3) is 0 Å². The van der Waals surface area contributed by atoms with E-state index in [0.29, 0.717) is 24.3 Å². The smallest absolute Gasteiger partial charge is 0.420 e. The molecule has 3 N–H and O–H groups in total. The Balaban J connectivity index is 5.08. The molecule has 0 fully saturated rings. The number of amides is 2. The third-order valence-corrected chi connectivity index (χ3v) is 3.36. The Bertz CT molecular complexity index is 594. The molecule has 0 aromatic heterocycles. The van der Waals surface area contributed by atoms with Gasteiger partial charge in [-0.2, -0.15) is 4.90 Å². The van der Waals surface area contributed by atoms with Crippen LogP contribution in [0, 0.1) is 0 Å². The number of carbonyl (C=O) groups is 5. The summed E-state index contributed by atoms with van der Waals surface area (Å²) in [6.45, 7) is 5.15. The molecule has 0 saturated heterocycles. The van der Waals surface area contributed by atoms with Gasteiger partial charge in [0.2, 0.25) is 0 Å². The SMILES string of the molecule is C=CC(=O)OCCOC(=O)N(C(=O)OCCOC(=O)C=C)[C@@H](CCCCN)C(=O)O. The first-order chi connectivity index (χ1) is 14.3. The lowest BCUT2D eigenvalue weighted by Gasteiger charge is -2.25. The van der Waals surface area contributed by atoms with Crippen molar-refractivity contribution in [1.29, 1.82) is 0 Å². The second kappa shape index (κ2) is 15.5. The van der Waals surface area contributed by atoms with E-state index in [1.165, 1.54) is 0 Å². The number of carboxylic acid groups (broad SMARTS) is 1. The molecule has 0 saturated carbocycles. The maximum Gasteiger partial charge on any atom is 0.420 e. The summed E-state index contributed by atoms with van der Waals surface area (Å²) in [7, 11) is 0. The van der Waals surface area contributed by atoms with E-state index in [2.05, 4.69) is 22.6 Å². The molecule has 1 atom stereocenters. The minimum absolute atomic E-state index is 0.0896. The first-order valence-electron chi connectivity index (χ1n) is 8.92. The minimum Gasteiger partial charge on any atom is -0.480 e. The summed E-state index contributed by atoms with van der Waals surface area (Å²) in [4.78, 5) is 58.5. The van der Waals surface area contributed by atoms with Gasteiger partial charge in [0.1, 0.15) is 32.5 Å². The summed E-state index contributed by atoms with van der Waals surface area (Å²) in [5.74, 6) is -2.96. The van der Waals surface area contributed by atoms with Crippen LogP contribution in [-0.4, -0.2) is 79.1 Å². The van der Waals surface area contributed by atoms with Crippen LogP contribution in [0.3, 0.4) is 0 Å². The molecule has 0 aliphatic heterocycles. The first-order valence-corrected chi connectivity index (χ1v) is 8.92. The van der Waals surface area contributed by atoms with Crippen molar-refractivity contribution < 1.29 is 48.0 Å². The van der Waals surface area contributed by atoms with Gasteiger partial charge in [-0.1, -0.05) is 13.2 Å². The minimum atomic E-state index is -1.58. The molecule has 168 valence electrons. The van der Waals surface area contributed by atoms with Crippen molar-refractivity contribution in [3.63, 3.8) is 0 Å². The number of imide groups is 1. The van der Waals surface area contributed by atoms with E-state index in [1.807, 2.05) is 0 Å². The fourth-order valence-corrected chi connectivity index (χ4v) is 1.97. The predicted molar refractivity (Wildman–Crippen MR) is 101 cm³/mol. The molecule has 0 heterocycles. The Labute approximate surface area is 173 Å². The largest absolute Gasteiger partial charge is 0.480 e. The number of esters is 2.